The number of benzene rings is 1. The molecule has 0 bridgehead atoms. The lowest BCUT2D eigenvalue weighted by Crippen LogP contribution is -2.32. The van der Waals surface area contributed by atoms with Gasteiger partial charge in [0.25, 0.3) is 0 Å². The van der Waals surface area contributed by atoms with E-state index in [0.29, 0.717) is 6.04 Å². The summed E-state index contributed by atoms with van der Waals surface area (Å²) < 4.78 is 0. The van der Waals surface area contributed by atoms with E-state index in [1.165, 1.54) is 24.9 Å². The van der Waals surface area contributed by atoms with Gasteiger partial charge < -0.3 is 10.6 Å². The number of hydrogen-bond acceptors (Lipinski definition) is 3. The summed E-state index contributed by atoms with van der Waals surface area (Å²) >= 11 is 0. The van der Waals surface area contributed by atoms with Crippen LogP contribution in [0.1, 0.15) is 40.0 Å². The maximum absolute atomic E-state index is 6.04. The highest BCUT2D eigenvalue weighted by Crippen LogP contribution is 2.30. The van der Waals surface area contributed by atoms with E-state index in [1.54, 1.807) is 6.20 Å². The van der Waals surface area contributed by atoms with Gasteiger partial charge in [0, 0.05) is 29.9 Å². The second-order valence-corrected chi connectivity index (χ2v) is 5.57. The Labute approximate surface area is 121 Å². The first-order valence-corrected chi connectivity index (χ1v) is 7.55. The lowest BCUT2D eigenvalue weighted by atomic mass is 10.1. The van der Waals surface area contributed by atoms with Crippen LogP contribution in [0.5, 0.6) is 0 Å². The van der Waals surface area contributed by atoms with E-state index in [9.17, 15) is 0 Å². The molecule has 2 N–H and O–H groups in total. The fraction of sp³-hybridized carbons (Fsp3) is 0.471. The number of hydrogen-bond donors (Lipinski definition) is 1. The summed E-state index contributed by atoms with van der Waals surface area (Å²) in [5.74, 6) is 0. The molecule has 0 spiro atoms. The van der Waals surface area contributed by atoms with Crippen molar-refractivity contribution in [1.82, 2.24) is 4.98 Å². The summed E-state index contributed by atoms with van der Waals surface area (Å²) in [6.07, 6.45) is 5.55. The summed E-state index contributed by atoms with van der Waals surface area (Å²) in [4.78, 5) is 6.89. The third-order valence-corrected chi connectivity index (χ3v) is 3.71. The normalized spacial score (nSPS) is 11.2. The lowest BCUT2D eigenvalue weighted by Gasteiger charge is -2.30. The Morgan fingerprint density at radius 2 is 2.00 bits per heavy atom. The molecule has 0 aliphatic rings. The number of unbranched alkanes of at least 4 members (excludes halogenated alkanes) is 2. The van der Waals surface area contributed by atoms with E-state index in [1.807, 2.05) is 12.1 Å². The molecule has 2 rings (SSSR count). The molecule has 2 aromatic rings. The molecule has 0 fully saturated rings. The second kappa shape index (κ2) is 6.60. The molecule has 0 saturated carbocycles. The van der Waals surface area contributed by atoms with E-state index in [4.69, 9.17) is 5.73 Å². The number of aromatic nitrogens is 1. The number of nitrogen functional groups attached to an aromatic ring is 1. The SMILES string of the molecule is CCCCCN(c1ccc(N)c2ncccc12)C(C)C. The van der Waals surface area contributed by atoms with Crippen molar-refractivity contribution in [3.63, 3.8) is 0 Å². The zero-order valence-electron chi connectivity index (χ0n) is 12.8. The highest BCUT2D eigenvalue weighted by atomic mass is 15.1. The predicted octanol–water partition coefficient (Wildman–Crippen LogP) is 4.22. The van der Waals surface area contributed by atoms with Gasteiger partial charge in [0.2, 0.25) is 0 Å². The largest absolute Gasteiger partial charge is 0.397 e. The van der Waals surface area contributed by atoms with Crippen LogP contribution in [0.3, 0.4) is 0 Å². The smallest absolute Gasteiger partial charge is 0.0951 e. The molecule has 0 radical (unpaired) electrons. The van der Waals surface area contributed by atoms with Crippen molar-refractivity contribution in [2.75, 3.05) is 17.2 Å². The van der Waals surface area contributed by atoms with Crippen LogP contribution in [0.2, 0.25) is 0 Å². The highest BCUT2D eigenvalue weighted by Gasteiger charge is 2.14. The minimum Gasteiger partial charge on any atom is -0.397 e. The van der Waals surface area contributed by atoms with Gasteiger partial charge in [-0.05, 0) is 44.5 Å². The van der Waals surface area contributed by atoms with Crippen molar-refractivity contribution < 1.29 is 0 Å². The predicted molar refractivity (Wildman–Crippen MR) is 88.2 cm³/mol. The number of nitrogens with zero attached hydrogens (tertiary/aromatic N) is 2. The first kappa shape index (κ1) is 14.6. The summed E-state index contributed by atoms with van der Waals surface area (Å²) in [6.45, 7) is 7.80. The van der Waals surface area contributed by atoms with Crippen molar-refractivity contribution >= 4 is 22.3 Å². The van der Waals surface area contributed by atoms with Crippen LogP contribution >= 0.6 is 0 Å². The van der Waals surface area contributed by atoms with Crippen molar-refractivity contribution in [3.05, 3.63) is 30.5 Å². The number of fused-ring (bicyclic) bond motifs is 1. The number of anilines is 2. The number of pyridine rings is 1. The zero-order chi connectivity index (χ0) is 14.5. The Hall–Kier alpha value is -1.77. The topological polar surface area (TPSA) is 42.1 Å². The van der Waals surface area contributed by atoms with E-state index in [2.05, 4.69) is 42.8 Å². The number of rotatable bonds is 6. The van der Waals surface area contributed by atoms with Crippen molar-refractivity contribution in [2.24, 2.45) is 0 Å². The van der Waals surface area contributed by atoms with E-state index < -0.39 is 0 Å². The standard InChI is InChI=1S/C17H25N3/c1-4-5-6-12-20(13(2)3)16-10-9-15(18)17-14(16)8-7-11-19-17/h7-11,13H,4-6,12,18H2,1-3H3. The molecular formula is C17H25N3. The third kappa shape index (κ3) is 3.03. The monoisotopic (exact) mass is 271 g/mol. The molecule has 108 valence electrons. The van der Waals surface area contributed by atoms with E-state index >= 15 is 0 Å². The summed E-state index contributed by atoms with van der Waals surface area (Å²) in [7, 11) is 0. The molecule has 1 aromatic carbocycles. The lowest BCUT2D eigenvalue weighted by molar-refractivity contribution is 0.627. The average Bonchev–Trinajstić information content (AvgIpc) is 2.45. The first-order valence-electron chi connectivity index (χ1n) is 7.55. The molecule has 1 aromatic heterocycles. The van der Waals surface area contributed by atoms with Gasteiger partial charge in [-0.15, -0.1) is 0 Å². The Kier molecular flexibility index (Phi) is 4.83. The maximum atomic E-state index is 6.04. The highest BCUT2D eigenvalue weighted by molar-refractivity contribution is 5.98. The minimum absolute atomic E-state index is 0.471. The maximum Gasteiger partial charge on any atom is 0.0951 e. The molecule has 3 heteroatoms. The van der Waals surface area contributed by atoms with Crippen LogP contribution in [-0.4, -0.2) is 17.6 Å². The third-order valence-electron chi connectivity index (χ3n) is 3.71. The van der Waals surface area contributed by atoms with Gasteiger partial charge in [0.05, 0.1) is 11.2 Å². The van der Waals surface area contributed by atoms with Crippen LogP contribution in [0.4, 0.5) is 11.4 Å². The summed E-state index contributed by atoms with van der Waals surface area (Å²) in [6, 6.07) is 8.67. The van der Waals surface area contributed by atoms with E-state index in [-0.39, 0.29) is 0 Å². The van der Waals surface area contributed by atoms with Gasteiger partial charge in [-0.2, -0.15) is 0 Å². The summed E-state index contributed by atoms with van der Waals surface area (Å²) in [5.41, 5.74) is 8.95. The van der Waals surface area contributed by atoms with Crippen LogP contribution in [0.15, 0.2) is 30.5 Å². The molecule has 0 unspecified atom stereocenters. The molecule has 0 atom stereocenters. The van der Waals surface area contributed by atoms with Gasteiger partial charge in [-0.25, -0.2) is 0 Å². The molecule has 0 amide bonds. The fourth-order valence-electron chi connectivity index (χ4n) is 2.62. The van der Waals surface area contributed by atoms with Gasteiger partial charge in [-0.1, -0.05) is 19.8 Å². The molecular weight excluding hydrogens is 246 g/mol. The van der Waals surface area contributed by atoms with Crippen LogP contribution in [0.25, 0.3) is 10.9 Å². The van der Waals surface area contributed by atoms with Gasteiger partial charge in [0.15, 0.2) is 0 Å². The molecule has 0 saturated heterocycles. The van der Waals surface area contributed by atoms with Gasteiger partial charge in [-0.3, -0.25) is 4.98 Å². The van der Waals surface area contributed by atoms with Crippen LogP contribution in [0, 0.1) is 0 Å². The minimum atomic E-state index is 0.471. The summed E-state index contributed by atoms with van der Waals surface area (Å²) in [5, 5.41) is 1.15. The van der Waals surface area contributed by atoms with Crippen molar-refractivity contribution in [3.8, 4) is 0 Å². The average molecular weight is 271 g/mol. The van der Waals surface area contributed by atoms with Crippen molar-refractivity contribution in [2.45, 2.75) is 46.1 Å². The van der Waals surface area contributed by atoms with Crippen LogP contribution in [-0.2, 0) is 0 Å². The number of nitrogens with two attached hydrogens (primary N) is 1. The molecule has 3 nitrogen and oxygen atoms in total. The van der Waals surface area contributed by atoms with Crippen molar-refractivity contribution in [1.29, 1.82) is 0 Å². The molecule has 0 aliphatic heterocycles. The Morgan fingerprint density at radius 3 is 2.70 bits per heavy atom. The zero-order valence-corrected chi connectivity index (χ0v) is 12.8. The molecule has 1 heterocycles. The van der Waals surface area contributed by atoms with E-state index in [0.717, 1.165) is 23.1 Å². The van der Waals surface area contributed by atoms with Crippen LogP contribution < -0.4 is 10.6 Å². The van der Waals surface area contributed by atoms with Gasteiger partial charge >= 0.3 is 0 Å². The Morgan fingerprint density at radius 1 is 1.20 bits per heavy atom. The second-order valence-electron chi connectivity index (χ2n) is 5.57. The Balaban J connectivity index is 2.40. The van der Waals surface area contributed by atoms with Gasteiger partial charge in [0.1, 0.15) is 0 Å². The molecule has 20 heavy (non-hydrogen) atoms. The Bertz CT molecular complexity index is 563. The quantitative estimate of drug-likeness (QED) is 0.631. The first-order chi connectivity index (χ1) is 9.65. The molecule has 0 aliphatic carbocycles. The fourth-order valence-corrected chi connectivity index (χ4v) is 2.62.